The smallest absolute Gasteiger partial charge is 0.351 e. The number of amides is 2. The first-order valence-electron chi connectivity index (χ1n) is 15.5. The SMILES string of the molecule is NOS(=O)(=O)OCCS(=O)(=O)c1cccc(Nc2nc(Cl)nc(Nc3ccc(N=Nc4cc5c(S(=O)(=O)O)cc(SOOO)cc5cc4S(=O)(=O)O)c(NC(N)=O)c3)n2)c1. The van der Waals surface area contributed by atoms with Gasteiger partial charge in [0.15, 0.2) is 9.84 Å². The molecule has 0 spiro atoms. The molecule has 1 heterocycles. The number of nitrogens with one attached hydrogen (secondary N) is 3. The summed E-state index contributed by atoms with van der Waals surface area (Å²) in [5.41, 5.74) is 4.70. The topological polar surface area (TPSA) is 403 Å². The molecule has 2 amide bonds. The van der Waals surface area contributed by atoms with Crippen LogP contribution in [0.1, 0.15) is 0 Å². The molecule has 0 fully saturated rings. The number of aromatic nitrogens is 3. The Labute approximate surface area is 347 Å². The van der Waals surface area contributed by atoms with Crippen molar-refractivity contribution in [2.45, 2.75) is 19.6 Å². The number of hydrogen-bond donors (Lipinski definition) is 8. The number of urea groups is 1. The van der Waals surface area contributed by atoms with Crippen molar-refractivity contribution >= 4 is 121 Å². The molecule has 26 nitrogen and oxygen atoms in total. The molecule has 10 N–H and O–H groups in total. The number of rotatable bonds is 18. The Hall–Kier alpha value is -5.26. The van der Waals surface area contributed by atoms with E-state index in [1.807, 2.05) is 0 Å². The molecule has 0 aliphatic rings. The third-order valence-corrected chi connectivity index (χ3v) is 12.1. The van der Waals surface area contributed by atoms with Crippen molar-refractivity contribution in [3.63, 3.8) is 0 Å². The van der Waals surface area contributed by atoms with Crippen LogP contribution in [0.2, 0.25) is 5.28 Å². The van der Waals surface area contributed by atoms with Gasteiger partial charge in [-0.15, -0.1) is 14.6 Å². The Balaban J connectivity index is 1.44. The third kappa shape index (κ3) is 12.2. The van der Waals surface area contributed by atoms with E-state index in [0.29, 0.717) is 12.0 Å². The summed E-state index contributed by atoms with van der Waals surface area (Å²) in [6.07, 6.45) is 0. The molecule has 320 valence electrons. The molecule has 32 heteroatoms. The first-order valence-corrected chi connectivity index (χ1v) is 22.5. The minimum Gasteiger partial charge on any atom is -0.351 e. The number of carbonyl (C=O) groups excluding carboxylic acids is 1. The highest BCUT2D eigenvalue weighted by atomic mass is 35.5. The Morgan fingerprint density at radius 3 is 2.08 bits per heavy atom. The van der Waals surface area contributed by atoms with E-state index in [1.165, 1.54) is 48.5 Å². The maximum absolute atomic E-state index is 12.8. The van der Waals surface area contributed by atoms with Crippen LogP contribution in [0.15, 0.2) is 96.5 Å². The Bertz CT molecular complexity index is 2960. The highest BCUT2D eigenvalue weighted by molar-refractivity contribution is 7.94. The fraction of sp³-hybridized carbons (Fsp3) is 0.0714. The number of carbonyl (C=O) groups is 1. The number of sulfone groups is 1. The number of primary amides is 1. The fourth-order valence-corrected chi connectivity index (χ4v) is 8.47. The van der Waals surface area contributed by atoms with Crippen LogP contribution in [0.25, 0.3) is 10.8 Å². The molecule has 0 aliphatic carbocycles. The zero-order chi connectivity index (χ0) is 44.0. The normalized spacial score (nSPS) is 12.5. The Morgan fingerprint density at radius 2 is 1.47 bits per heavy atom. The van der Waals surface area contributed by atoms with Gasteiger partial charge in [-0.3, -0.25) is 9.11 Å². The quantitative estimate of drug-likeness (QED) is 0.0203. The maximum atomic E-state index is 12.8. The van der Waals surface area contributed by atoms with Gasteiger partial charge in [-0.1, -0.05) is 11.1 Å². The second kappa shape index (κ2) is 18.6. The summed E-state index contributed by atoms with van der Waals surface area (Å²) in [6, 6.07) is 11.8. The van der Waals surface area contributed by atoms with Crippen LogP contribution in [0.3, 0.4) is 0 Å². The van der Waals surface area contributed by atoms with Crippen LogP contribution >= 0.6 is 23.6 Å². The van der Waals surface area contributed by atoms with Gasteiger partial charge in [0.05, 0.1) is 35.0 Å². The van der Waals surface area contributed by atoms with Crippen molar-refractivity contribution in [1.82, 2.24) is 15.0 Å². The van der Waals surface area contributed by atoms with Crippen LogP contribution in [0.5, 0.6) is 0 Å². The highest BCUT2D eigenvalue weighted by Crippen LogP contribution is 2.38. The van der Waals surface area contributed by atoms with E-state index < -0.39 is 74.3 Å². The van der Waals surface area contributed by atoms with Crippen molar-refractivity contribution in [3.8, 4) is 0 Å². The summed E-state index contributed by atoms with van der Waals surface area (Å²) in [4.78, 5) is 22.1. The minimum absolute atomic E-state index is 0.0945. The summed E-state index contributed by atoms with van der Waals surface area (Å²) in [5.74, 6) is 3.42. The van der Waals surface area contributed by atoms with Gasteiger partial charge in [0.2, 0.25) is 17.2 Å². The third-order valence-electron chi connectivity index (χ3n) is 7.22. The molecule has 1 aromatic heterocycles. The molecule has 0 unspecified atom stereocenters. The van der Waals surface area contributed by atoms with Gasteiger partial charge >= 0.3 is 16.4 Å². The van der Waals surface area contributed by atoms with Crippen LogP contribution < -0.4 is 27.6 Å². The van der Waals surface area contributed by atoms with E-state index in [0.717, 1.165) is 18.2 Å². The number of nitrogens with zero attached hydrogens (tertiary/aromatic N) is 5. The zero-order valence-electron chi connectivity index (χ0n) is 29.2. The van der Waals surface area contributed by atoms with Crippen LogP contribution in [0, 0.1) is 0 Å². The lowest BCUT2D eigenvalue weighted by atomic mass is 10.1. The highest BCUT2D eigenvalue weighted by Gasteiger charge is 2.23. The molecule has 5 aromatic rings. The number of fused-ring (bicyclic) bond motifs is 1. The summed E-state index contributed by atoms with van der Waals surface area (Å²) in [7, 11) is -18.7. The number of hydrogen-bond acceptors (Lipinski definition) is 23. The van der Waals surface area contributed by atoms with Crippen molar-refractivity contribution in [1.29, 1.82) is 0 Å². The Kier molecular flexibility index (Phi) is 14.2. The van der Waals surface area contributed by atoms with Gasteiger partial charge in [0.1, 0.15) is 21.2 Å². The van der Waals surface area contributed by atoms with Gasteiger partial charge in [0.25, 0.3) is 20.2 Å². The molecule has 0 radical (unpaired) electrons. The predicted molar refractivity (Wildman–Crippen MR) is 208 cm³/mol. The fourth-order valence-electron chi connectivity index (χ4n) is 4.84. The largest absolute Gasteiger partial charge is 0.415 e. The number of nitrogens with two attached hydrogens (primary N) is 2. The first kappa shape index (κ1) is 45.8. The lowest BCUT2D eigenvalue weighted by molar-refractivity contribution is -0.432. The van der Waals surface area contributed by atoms with E-state index in [1.54, 1.807) is 0 Å². The molecule has 0 atom stereocenters. The number of halogens is 1. The van der Waals surface area contributed by atoms with Crippen molar-refractivity contribution in [3.05, 3.63) is 72.0 Å². The molecule has 0 saturated heterocycles. The second-order valence-corrected chi connectivity index (χ2v) is 18.5. The lowest BCUT2D eigenvalue weighted by Gasteiger charge is -2.12. The average molecular weight is 953 g/mol. The van der Waals surface area contributed by atoms with Crippen LogP contribution in [-0.4, -0.2) is 81.4 Å². The molecule has 0 saturated carbocycles. The molecule has 0 bridgehead atoms. The maximum Gasteiger partial charge on any atom is 0.415 e. The number of benzene rings is 4. The van der Waals surface area contributed by atoms with Crippen molar-refractivity contribution in [2.24, 2.45) is 21.9 Å². The minimum atomic E-state index is -5.08. The van der Waals surface area contributed by atoms with E-state index in [-0.39, 0.29) is 60.5 Å². The van der Waals surface area contributed by atoms with Gasteiger partial charge in [-0.25, -0.2) is 22.7 Å². The van der Waals surface area contributed by atoms with E-state index in [2.05, 4.69) is 64.9 Å². The number of anilines is 5. The van der Waals surface area contributed by atoms with Gasteiger partial charge in [0, 0.05) is 21.7 Å². The molecule has 4 aromatic carbocycles. The van der Waals surface area contributed by atoms with E-state index >= 15 is 0 Å². The summed E-state index contributed by atoms with van der Waals surface area (Å²) in [6.45, 7) is -0.792. The van der Waals surface area contributed by atoms with E-state index in [9.17, 15) is 47.6 Å². The summed E-state index contributed by atoms with van der Waals surface area (Å²) < 4.78 is 129. The molecule has 0 aliphatic heterocycles. The lowest BCUT2D eigenvalue weighted by Crippen LogP contribution is -2.19. The van der Waals surface area contributed by atoms with Gasteiger partial charge in [-0.05, 0) is 77.7 Å². The summed E-state index contributed by atoms with van der Waals surface area (Å²) >= 11 is 6.40. The Morgan fingerprint density at radius 1 is 0.817 bits per heavy atom. The molecular weight excluding hydrogens is 928 g/mol. The number of azo groups is 1. The molecular formula is C28H25ClN10O16S5. The standard InChI is InChI=1S/C28H25ClN10O16S5/c29-25-35-27(32-15-2-1-3-18(10-15)57(42,43)7-6-52-60(50,51)53-31)37-28(36-25)33-16-4-5-20(21(11-16)34-26(30)40)38-39-22-13-19-14(9-24(22)59(47,48)49)8-17(56-55-54-41)12-23(19)58(44,45)46/h1-5,8-13,41H,6-7,31H2,(H3,30,34,40)(H,44,45,46)(H,47,48,49)(H2,32,33,35,36,37). The van der Waals surface area contributed by atoms with Crippen LogP contribution in [0.4, 0.5) is 45.1 Å². The van der Waals surface area contributed by atoms with Crippen LogP contribution in [-0.2, 0) is 58.3 Å². The monoisotopic (exact) mass is 952 g/mol. The zero-order valence-corrected chi connectivity index (χ0v) is 34.1. The molecule has 5 rings (SSSR count). The first-order chi connectivity index (χ1) is 28.1. The van der Waals surface area contributed by atoms with Gasteiger partial charge < -0.3 is 21.7 Å². The van der Waals surface area contributed by atoms with Crippen molar-refractivity contribution in [2.75, 3.05) is 28.3 Å². The molecule has 60 heavy (non-hydrogen) atoms. The van der Waals surface area contributed by atoms with Gasteiger partial charge in [-0.2, -0.15) is 50.4 Å². The predicted octanol–water partition coefficient (Wildman–Crippen LogP) is 3.92. The van der Waals surface area contributed by atoms with Crippen molar-refractivity contribution < 1.29 is 70.7 Å². The summed E-state index contributed by atoms with van der Waals surface area (Å²) in [5, 5.41) is 26.8. The van der Waals surface area contributed by atoms with E-state index in [4.69, 9.17) is 22.6 Å². The second-order valence-electron chi connectivity index (χ2n) is 11.2. The average Bonchev–Trinajstić information content (AvgIpc) is 3.15.